The molecule has 0 amide bonds. The smallest absolute Gasteiger partial charge is 0.141 e. The summed E-state index contributed by atoms with van der Waals surface area (Å²) in [6.45, 7) is 6.32. The van der Waals surface area contributed by atoms with Crippen LogP contribution in [0.15, 0.2) is 30.4 Å². The van der Waals surface area contributed by atoms with Crippen LogP contribution in [0.2, 0.25) is 5.02 Å². The highest BCUT2D eigenvalue weighted by molar-refractivity contribution is 6.31. The first-order chi connectivity index (χ1) is 6.09. The highest BCUT2D eigenvalue weighted by Crippen LogP contribution is 2.19. The Morgan fingerprint density at radius 2 is 2.31 bits per heavy atom. The molecule has 70 valence electrons. The molecule has 0 saturated carbocycles. The minimum atomic E-state index is -0.400. The third kappa shape index (κ3) is 3.07. The molecule has 1 aromatic carbocycles. The summed E-state index contributed by atoms with van der Waals surface area (Å²) in [5.41, 5.74) is 1.81. The Morgan fingerprint density at radius 3 is 2.85 bits per heavy atom. The monoisotopic (exact) mass is 199 g/mol. The van der Waals surface area contributed by atoms with Crippen molar-refractivity contribution in [2.75, 3.05) is 11.9 Å². The number of nitrogens with one attached hydrogen (secondary N) is 1. The maximum absolute atomic E-state index is 12.7. The van der Waals surface area contributed by atoms with Gasteiger partial charge in [0.05, 0.1) is 5.02 Å². The summed E-state index contributed by atoms with van der Waals surface area (Å²) in [5, 5.41) is 3.19. The summed E-state index contributed by atoms with van der Waals surface area (Å²) < 4.78 is 12.7. The Morgan fingerprint density at radius 1 is 1.62 bits per heavy atom. The van der Waals surface area contributed by atoms with Crippen molar-refractivity contribution in [1.29, 1.82) is 0 Å². The molecule has 3 heteroatoms. The number of hydrogen-bond donors (Lipinski definition) is 1. The van der Waals surface area contributed by atoms with Crippen LogP contribution in [-0.4, -0.2) is 6.54 Å². The molecule has 0 spiro atoms. The Balaban J connectivity index is 2.68. The third-order valence-electron chi connectivity index (χ3n) is 1.51. The first kappa shape index (κ1) is 10.1. The van der Waals surface area contributed by atoms with E-state index in [-0.39, 0.29) is 5.02 Å². The van der Waals surface area contributed by atoms with Gasteiger partial charge in [0.25, 0.3) is 0 Å². The molecule has 1 N–H and O–H groups in total. The van der Waals surface area contributed by atoms with Crippen LogP contribution in [0.3, 0.4) is 0 Å². The van der Waals surface area contributed by atoms with Crippen molar-refractivity contribution in [3.8, 4) is 0 Å². The van der Waals surface area contributed by atoms with Crippen LogP contribution in [0.4, 0.5) is 10.1 Å². The quantitative estimate of drug-likeness (QED) is 0.736. The van der Waals surface area contributed by atoms with Gasteiger partial charge in [-0.2, -0.15) is 0 Å². The molecule has 0 unspecified atom stereocenters. The number of rotatable bonds is 3. The number of benzene rings is 1. The Bertz CT molecular complexity index is 323. The van der Waals surface area contributed by atoms with Gasteiger partial charge in [-0.1, -0.05) is 23.8 Å². The van der Waals surface area contributed by atoms with Crippen LogP contribution < -0.4 is 5.32 Å². The van der Waals surface area contributed by atoms with Gasteiger partial charge in [-0.15, -0.1) is 0 Å². The first-order valence-corrected chi connectivity index (χ1v) is 4.30. The van der Waals surface area contributed by atoms with Crippen LogP contribution in [0, 0.1) is 5.82 Å². The molecule has 13 heavy (non-hydrogen) atoms. The summed E-state index contributed by atoms with van der Waals surface area (Å²) in [5.74, 6) is -0.400. The van der Waals surface area contributed by atoms with Gasteiger partial charge in [-0.3, -0.25) is 0 Å². The largest absolute Gasteiger partial charge is 0.381 e. The molecule has 0 aliphatic heterocycles. The lowest BCUT2D eigenvalue weighted by Gasteiger charge is -2.06. The second kappa shape index (κ2) is 4.28. The zero-order chi connectivity index (χ0) is 9.84. The molecule has 1 nitrogen and oxygen atoms in total. The fourth-order valence-corrected chi connectivity index (χ4v) is 1.04. The Kier molecular flexibility index (Phi) is 3.32. The molecule has 1 aromatic rings. The molecule has 0 aromatic heterocycles. The van der Waals surface area contributed by atoms with Crippen molar-refractivity contribution in [3.05, 3.63) is 41.2 Å². The number of hydrogen-bond acceptors (Lipinski definition) is 1. The summed E-state index contributed by atoms with van der Waals surface area (Å²) in [4.78, 5) is 0. The van der Waals surface area contributed by atoms with E-state index in [1.165, 1.54) is 6.07 Å². The van der Waals surface area contributed by atoms with Crippen LogP contribution in [0.25, 0.3) is 0 Å². The van der Waals surface area contributed by atoms with E-state index in [1.807, 2.05) is 6.92 Å². The minimum Gasteiger partial charge on any atom is -0.381 e. The molecular weight excluding hydrogens is 189 g/mol. The van der Waals surface area contributed by atoms with E-state index in [4.69, 9.17) is 11.6 Å². The number of halogens is 2. The molecule has 0 atom stereocenters. The molecule has 1 rings (SSSR count). The van der Waals surface area contributed by atoms with E-state index >= 15 is 0 Å². The maximum Gasteiger partial charge on any atom is 0.141 e. The van der Waals surface area contributed by atoms with Gasteiger partial charge < -0.3 is 5.32 Å². The molecule has 0 radical (unpaired) electrons. The van der Waals surface area contributed by atoms with E-state index in [0.29, 0.717) is 6.54 Å². The number of anilines is 1. The predicted octanol–water partition coefficient (Wildman–Crippen LogP) is 3.47. The van der Waals surface area contributed by atoms with Gasteiger partial charge in [-0.05, 0) is 25.1 Å². The molecule has 0 saturated heterocycles. The zero-order valence-electron chi connectivity index (χ0n) is 7.40. The van der Waals surface area contributed by atoms with Crippen molar-refractivity contribution in [2.24, 2.45) is 0 Å². The highest BCUT2D eigenvalue weighted by atomic mass is 35.5. The Labute approximate surface area is 82.2 Å². The van der Waals surface area contributed by atoms with Crippen molar-refractivity contribution in [3.63, 3.8) is 0 Å². The lowest BCUT2D eigenvalue weighted by atomic mass is 10.3. The normalized spacial score (nSPS) is 9.77. The van der Waals surface area contributed by atoms with Gasteiger partial charge in [0.1, 0.15) is 5.82 Å². The van der Waals surface area contributed by atoms with Gasteiger partial charge in [0.15, 0.2) is 0 Å². The zero-order valence-corrected chi connectivity index (χ0v) is 8.16. The third-order valence-corrected chi connectivity index (χ3v) is 1.80. The molecule has 0 bridgehead atoms. The van der Waals surface area contributed by atoms with Crippen molar-refractivity contribution in [2.45, 2.75) is 6.92 Å². The SMILES string of the molecule is C=C(C)CNc1ccc(F)c(Cl)c1. The lowest BCUT2D eigenvalue weighted by molar-refractivity contribution is 0.628. The van der Waals surface area contributed by atoms with Crippen LogP contribution in [0.5, 0.6) is 0 Å². The topological polar surface area (TPSA) is 12.0 Å². The molecule has 0 heterocycles. The van der Waals surface area contributed by atoms with Gasteiger partial charge >= 0.3 is 0 Å². The Hall–Kier alpha value is -1.02. The highest BCUT2D eigenvalue weighted by Gasteiger charge is 1.99. The molecule has 0 aliphatic rings. The second-order valence-corrected chi connectivity index (χ2v) is 3.35. The summed E-state index contributed by atoms with van der Waals surface area (Å²) in [6, 6.07) is 4.53. The molecule has 0 aliphatic carbocycles. The predicted molar refractivity (Wildman–Crippen MR) is 54.7 cm³/mol. The maximum atomic E-state index is 12.7. The van der Waals surface area contributed by atoms with Gasteiger partial charge in [0.2, 0.25) is 0 Å². The summed E-state index contributed by atoms with van der Waals surface area (Å²) in [7, 11) is 0. The minimum absolute atomic E-state index is 0.131. The fraction of sp³-hybridized carbons (Fsp3) is 0.200. The van der Waals surface area contributed by atoms with Crippen LogP contribution >= 0.6 is 11.6 Å². The van der Waals surface area contributed by atoms with Crippen LogP contribution in [0.1, 0.15) is 6.92 Å². The van der Waals surface area contributed by atoms with Crippen molar-refractivity contribution >= 4 is 17.3 Å². The summed E-state index contributed by atoms with van der Waals surface area (Å²) in [6.07, 6.45) is 0. The van der Waals surface area contributed by atoms with Gasteiger partial charge in [0, 0.05) is 12.2 Å². The second-order valence-electron chi connectivity index (χ2n) is 2.94. The average molecular weight is 200 g/mol. The van der Waals surface area contributed by atoms with E-state index in [0.717, 1.165) is 11.3 Å². The van der Waals surface area contributed by atoms with E-state index in [1.54, 1.807) is 12.1 Å². The fourth-order valence-electron chi connectivity index (χ4n) is 0.859. The van der Waals surface area contributed by atoms with E-state index in [9.17, 15) is 4.39 Å². The summed E-state index contributed by atoms with van der Waals surface area (Å²) >= 11 is 5.59. The molecule has 0 fully saturated rings. The standard InChI is InChI=1S/C10H11ClFN/c1-7(2)6-13-8-3-4-10(12)9(11)5-8/h3-5,13H,1,6H2,2H3. The first-order valence-electron chi connectivity index (χ1n) is 3.93. The van der Waals surface area contributed by atoms with Crippen LogP contribution in [-0.2, 0) is 0 Å². The van der Waals surface area contributed by atoms with E-state index in [2.05, 4.69) is 11.9 Å². The van der Waals surface area contributed by atoms with Crippen molar-refractivity contribution in [1.82, 2.24) is 0 Å². The van der Waals surface area contributed by atoms with Gasteiger partial charge in [-0.25, -0.2) is 4.39 Å². The lowest BCUT2D eigenvalue weighted by Crippen LogP contribution is -2.01. The van der Waals surface area contributed by atoms with E-state index < -0.39 is 5.82 Å². The van der Waals surface area contributed by atoms with Crippen molar-refractivity contribution < 1.29 is 4.39 Å². The average Bonchev–Trinajstić information content (AvgIpc) is 2.07. The molecular formula is C10H11ClFN.